The Morgan fingerprint density at radius 1 is 0.676 bits per heavy atom. The fraction of sp³-hybridized carbons (Fsp3) is 0.143. The fourth-order valence-electron chi connectivity index (χ4n) is 4.49. The third-order valence-electron chi connectivity index (χ3n) is 6.14. The Morgan fingerprint density at radius 3 is 1.47 bits per heavy atom. The van der Waals surface area contributed by atoms with Gasteiger partial charge < -0.3 is 20.9 Å². The van der Waals surface area contributed by atoms with Gasteiger partial charge in [0.05, 0.1) is 34.3 Å². The van der Waals surface area contributed by atoms with E-state index in [1.807, 2.05) is 50.2 Å². The minimum Gasteiger partial charge on any atom is -0.451 e. The number of benzene rings is 3. The number of hydrogen-bond donors (Lipinski definition) is 2. The second-order valence-corrected chi connectivity index (χ2v) is 8.62. The highest BCUT2D eigenvalue weighted by Gasteiger charge is 2.44. The average Bonchev–Trinajstić information content (AvgIpc) is 2.82. The number of rotatable bonds is 4. The largest absolute Gasteiger partial charge is 0.451 e. The lowest BCUT2D eigenvalue weighted by Crippen LogP contribution is -2.36. The van der Waals surface area contributed by atoms with Crippen molar-refractivity contribution >= 4 is 22.9 Å². The van der Waals surface area contributed by atoms with E-state index in [1.165, 1.54) is 0 Å². The molecule has 0 bridgehead atoms. The van der Waals surface area contributed by atoms with Crippen LogP contribution in [0.3, 0.4) is 0 Å². The molecule has 2 atom stereocenters. The number of aryl methyl sites for hydroxylation is 2. The topological polar surface area (TPSA) is 105 Å². The Hall–Kier alpha value is -4.32. The first-order valence-corrected chi connectivity index (χ1v) is 11.0. The van der Waals surface area contributed by atoms with Gasteiger partial charge in [-0.05, 0) is 49.2 Å². The lowest BCUT2D eigenvalue weighted by atomic mass is 9.71. The number of allylic oxidation sites excluding steroid dienone is 4. The molecule has 3 aromatic rings. The number of nitrogen functional groups attached to an aromatic ring is 2. The van der Waals surface area contributed by atoms with Crippen LogP contribution in [0.15, 0.2) is 72.8 Å². The van der Waals surface area contributed by atoms with Gasteiger partial charge in [-0.2, -0.15) is 0 Å². The number of anilines is 2. The van der Waals surface area contributed by atoms with Gasteiger partial charge in [0.15, 0.2) is 23.1 Å². The summed E-state index contributed by atoms with van der Waals surface area (Å²) in [6, 6.07) is 14.8. The summed E-state index contributed by atoms with van der Waals surface area (Å²) in [5.41, 5.74) is 15.3. The highest BCUT2D eigenvalue weighted by Crippen LogP contribution is 2.51. The molecule has 0 saturated carbocycles. The van der Waals surface area contributed by atoms with Gasteiger partial charge >= 0.3 is 0 Å². The number of ether oxygens (including phenoxy) is 2. The maximum absolute atomic E-state index is 13.5. The van der Waals surface area contributed by atoms with E-state index in [9.17, 15) is 9.59 Å². The second kappa shape index (κ2) is 8.23. The van der Waals surface area contributed by atoms with Crippen molar-refractivity contribution in [3.8, 4) is 23.0 Å². The number of nitrogens with two attached hydrogens (primary N) is 2. The van der Waals surface area contributed by atoms with Crippen LogP contribution in [0.4, 0.5) is 11.4 Å². The number of Topliss-reactive ketones (excluding diaryl/α,β-unsaturated/α-hetero) is 2. The molecule has 5 rings (SSSR count). The molecule has 0 fully saturated rings. The molecular formula is C28H24N2O4. The monoisotopic (exact) mass is 452 g/mol. The molecule has 34 heavy (non-hydrogen) atoms. The van der Waals surface area contributed by atoms with E-state index in [0.29, 0.717) is 11.5 Å². The molecule has 0 radical (unpaired) electrons. The molecule has 0 aromatic heterocycles. The highest BCUT2D eigenvalue weighted by molar-refractivity contribution is 6.23. The summed E-state index contributed by atoms with van der Waals surface area (Å²) in [4.78, 5) is 26.9. The summed E-state index contributed by atoms with van der Waals surface area (Å²) in [5.74, 6) is -0.539. The van der Waals surface area contributed by atoms with Crippen molar-refractivity contribution < 1.29 is 19.1 Å². The van der Waals surface area contributed by atoms with E-state index in [0.717, 1.165) is 11.1 Å². The van der Waals surface area contributed by atoms with Crippen LogP contribution in [0.1, 0.15) is 31.8 Å². The van der Waals surface area contributed by atoms with Crippen LogP contribution in [-0.2, 0) is 0 Å². The van der Waals surface area contributed by atoms with Crippen LogP contribution in [0.5, 0.6) is 23.0 Å². The number of hydrogen-bond acceptors (Lipinski definition) is 6. The van der Waals surface area contributed by atoms with Crippen LogP contribution in [-0.4, -0.2) is 11.6 Å². The van der Waals surface area contributed by atoms with Gasteiger partial charge in [0.2, 0.25) is 0 Å². The van der Waals surface area contributed by atoms with Crippen molar-refractivity contribution in [3.05, 3.63) is 95.1 Å². The molecule has 6 nitrogen and oxygen atoms in total. The second-order valence-electron chi connectivity index (χ2n) is 8.62. The Kier molecular flexibility index (Phi) is 5.21. The first-order chi connectivity index (χ1) is 16.3. The predicted molar refractivity (Wildman–Crippen MR) is 132 cm³/mol. The van der Waals surface area contributed by atoms with Crippen LogP contribution in [0.25, 0.3) is 0 Å². The van der Waals surface area contributed by atoms with Crippen molar-refractivity contribution in [3.63, 3.8) is 0 Å². The summed E-state index contributed by atoms with van der Waals surface area (Å²) < 4.78 is 12.3. The quantitative estimate of drug-likeness (QED) is 0.486. The fourth-order valence-corrected chi connectivity index (χ4v) is 4.49. The number of carbonyl (C=O) groups excluding carboxylic acids is 2. The zero-order valence-corrected chi connectivity index (χ0v) is 18.9. The maximum atomic E-state index is 13.5. The summed E-state index contributed by atoms with van der Waals surface area (Å²) >= 11 is 0. The van der Waals surface area contributed by atoms with Crippen molar-refractivity contribution in [1.29, 1.82) is 0 Å². The van der Waals surface area contributed by atoms with Crippen molar-refractivity contribution in [1.82, 2.24) is 0 Å². The zero-order chi connectivity index (χ0) is 24.0. The van der Waals surface area contributed by atoms with Gasteiger partial charge in [-0.25, -0.2) is 0 Å². The van der Waals surface area contributed by atoms with Crippen molar-refractivity contribution in [2.75, 3.05) is 11.5 Å². The predicted octanol–water partition coefficient (Wildman–Crippen LogP) is 5.79. The molecule has 2 unspecified atom stereocenters. The van der Waals surface area contributed by atoms with E-state index in [4.69, 9.17) is 20.9 Å². The third kappa shape index (κ3) is 3.53. The van der Waals surface area contributed by atoms with Gasteiger partial charge in [0, 0.05) is 0 Å². The number of ketones is 2. The standard InChI is InChI=1S/C28H24N2O4/c1-15-7-5-9-17(13-15)33-27-23(29)21-22(26(32)20-12-4-3-11-19(20)25(21)31)24(30)28(27)34-18-10-6-8-16(2)14-18/h3-14,19-20H,29-30H2,1-2H3. The highest BCUT2D eigenvalue weighted by atomic mass is 16.5. The van der Waals surface area contributed by atoms with E-state index in [1.54, 1.807) is 36.4 Å². The Bertz CT molecular complexity index is 1300. The van der Waals surface area contributed by atoms with E-state index < -0.39 is 11.8 Å². The summed E-state index contributed by atoms with van der Waals surface area (Å²) in [6.45, 7) is 3.87. The number of fused-ring (bicyclic) bond motifs is 2. The Labute approximate surface area is 197 Å². The molecular weight excluding hydrogens is 428 g/mol. The van der Waals surface area contributed by atoms with Crippen molar-refractivity contribution in [2.45, 2.75) is 13.8 Å². The SMILES string of the molecule is Cc1cccc(Oc2c(N)c3c(c(N)c2Oc2cccc(C)c2)C(=O)C2C=CC=CC2C3=O)c1. The first-order valence-electron chi connectivity index (χ1n) is 11.0. The van der Waals surface area contributed by atoms with E-state index >= 15 is 0 Å². The molecule has 2 aliphatic carbocycles. The summed E-state index contributed by atoms with van der Waals surface area (Å²) in [6.07, 6.45) is 6.97. The lowest BCUT2D eigenvalue weighted by molar-refractivity contribution is 0.0802. The maximum Gasteiger partial charge on any atom is 0.195 e. The first kappa shape index (κ1) is 21.5. The smallest absolute Gasteiger partial charge is 0.195 e. The molecule has 2 aliphatic rings. The van der Waals surface area contributed by atoms with Gasteiger partial charge in [0.25, 0.3) is 0 Å². The van der Waals surface area contributed by atoms with Gasteiger partial charge in [0.1, 0.15) is 11.5 Å². The van der Waals surface area contributed by atoms with Crippen LogP contribution >= 0.6 is 0 Å². The molecule has 0 spiro atoms. The Balaban J connectivity index is 1.74. The van der Waals surface area contributed by atoms with Gasteiger partial charge in [-0.15, -0.1) is 0 Å². The normalized spacial score (nSPS) is 18.4. The molecule has 0 heterocycles. The third-order valence-corrected chi connectivity index (χ3v) is 6.14. The van der Waals surface area contributed by atoms with E-state index in [-0.39, 0.29) is 45.6 Å². The summed E-state index contributed by atoms with van der Waals surface area (Å²) in [7, 11) is 0. The minimum atomic E-state index is -0.623. The molecule has 4 N–H and O–H groups in total. The Morgan fingerprint density at radius 2 is 1.09 bits per heavy atom. The van der Waals surface area contributed by atoms with Crippen LogP contribution in [0, 0.1) is 25.7 Å². The summed E-state index contributed by atoms with van der Waals surface area (Å²) in [5, 5.41) is 0. The molecule has 0 saturated heterocycles. The van der Waals surface area contributed by atoms with Crippen molar-refractivity contribution in [2.24, 2.45) is 11.8 Å². The van der Waals surface area contributed by atoms with Gasteiger partial charge in [-0.3, -0.25) is 9.59 Å². The average molecular weight is 453 g/mol. The number of carbonyl (C=O) groups is 2. The molecule has 170 valence electrons. The molecule has 6 heteroatoms. The molecule has 0 amide bonds. The van der Waals surface area contributed by atoms with E-state index in [2.05, 4.69) is 0 Å². The van der Waals surface area contributed by atoms with Gasteiger partial charge in [-0.1, -0.05) is 48.6 Å². The molecule has 3 aromatic carbocycles. The van der Waals surface area contributed by atoms with Crippen LogP contribution < -0.4 is 20.9 Å². The minimum absolute atomic E-state index is 0.0353. The molecule has 0 aliphatic heterocycles. The lowest BCUT2D eigenvalue weighted by Gasteiger charge is -2.31. The zero-order valence-electron chi connectivity index (χ0n) is 18.9. The van der Waals surface area contributed by atoms with Crippen LogP contribution in [0.2, 0.25) is 0 Å².